The highest BCUT2D eigenvalue weighted by atomic mass is 19.3. The summed E-state index contributed by atoms with van der Waals surface area (Å²) < 4.78 is 24.1. The van der Waals surface area contributed by atoms with Gasteiger partial charge in [0.15, 0.2) is 0 Å². The van der Waals surface area contributed by atoms with Gasteiger partial charge in [0.05, 0.1) is 0 Å². The summed E-state index contributed by atoms with van der Waals surface area (Å²) in [5, 5.41) is 8.27. The van der Waals surface area contributed by atoms with E-state index >= 15 is 0 Å². The molecule has 0 heterocycles. The van der Waals surface area contributed by atoms with Crippen LogP contribution in [0.1, 0.15) is 19.3 Å². The summed E-state index contributed by atoms with van der Waals surface area (Å²) in [6.45, 7) is 0.0343. The lowest BCUT2D eigenvalue weighted by Gasteiger charge is -1.93. The predicted molar refractivity (Wildman–Crippen MR) is 29.4 cm³/mol. The fourth-order valence-corrected chi connectivity index (χ4v) is 0.921. The third-order valence-electron chi connectivity index (χ3n) is 1.67. The SMILES string of the molecule is OCCC[C@H]1CC1(F)F. The lowest BCUT2D eigenvalue weighted by molar-refractivity contribution is 0.0952. The van der Waals surface area contributed by atoms with Crippen molar-refractivity contribution in [3.63, 3.8) is 0 Å². The first kappa shape index (κ1) is 6.93. The molecular weight excluding hydrogens is 126 g/mol. The van der Waals surface area contributed by atoms with Crippen molar-refractivity contribution in [3.8, 4) is 0 Å². The van der Waals surface area contributed by atoms with E-state index in [4.69, 9.17) is 5.11 Å². The van der Waals surface area contributed by atoms with E-state index in [1.165, 1.54) is 0 Å². The Morgan fingerprint density at radius 1 is 1.56 bits per heavy atom. The van der Waals surface area contributed by atoms with Crippen LogP contribution in [0.25, 0.3) is 0 Å². The quantitative estimate of drug-likeness (QED) is 0.622. The van der Waals surface area contributed by atoms with E-state index < -0.39 is 11.8 Å². The molecule has 1 nitrogen and oxygen atoms in total. The topological polar surface area (TPSA) is 20.2 Å². The molecule has 54 valence electrons. The molecule has 1 aliphatic rings. The van der Waals surface area contributed by atoms with Crippen molar-refractivity contribution < 1.29 is 13.9 Å². The fraction of sp³-hybridized carbons (Fsp3) is 1.00. The van der Waals surface area contributed by atoms with Gasteiger partial charge in [0, 0.05) is 18.9 Å². The number of aliphatic hydroxyl groups excluding tert-OH is 1. The van der Waals surface area contributed by atoms with Crippen LogP contribution < -0.4 is 0 Å². The molecule has 1 N–H and O–H groups in total. The molecule has 0 radical (unpaired) electrons. The van der Waals surface area contributed by atoms with Gasteiger partial charge in [-0.3, -0.25) is 0 Å². The minimum Gasteiger partial charge on any atom is -0.396 e. The van der Waals surface area contributed by atoms with Gasteiger partial charge in [-0.1, -0.05) is 0 Å². The Morgan fingerprint density at radius 3 is 2.44 bits per heavy atom. The van der Waals surface area contributed by atoms with Crippen LogP contribution in [0.2, 0.25) is 0 Å². The van der Waals surface area contributed by atoms with Crippen LogP contribution >= 0.6 is 0 Å². The molecule has 0 spiro atoms. The van der Waals surface area contributed by atoms with Crippen LogP contribution in [-0.2, 0) is 0 Å². The zero-order valence-electron chi connectivity index (χ0n) is 5.11. The van der Waals surface area contributed by atoms with Gasteiger partial charge in [-0.05, 0) is 12.8 Å². The van der Waals surface area contributed by atoms with Gasteiger partial charge < -0.3 is 5.11 Å². The average Bonchev–Trinajstić information content (AvgIpc) is 2.35. The standard InChI is InChI=1S/C6H10F2O/c7-6(8)4-5(6)2-1-3-9/h5,9H,1-4H2/t5-/m0/s1. The number of aliphatic hydroxyl groups is 1. The highest BCUT2D eigenvalue weighted by molar-refractivity contribution is 4.94. The summed E-state index contributed by atoms with van der Waals surface area (Å²) in [5.41, 5.74) is 0. The zero-order valence-corrected chi connectivity index (χ0v) is 5.11. The number of alkyl halides is 2. The van der Waals surface area contributed by atoms with Crippen molar-refractivity contribution >= 4 is 0 Å². The Hall–Kier alpha value is -0.180. The third kappa shape index (κ3) is 1.61. The summed E-state index contributed by atoms with van der Waals surface area (Å²) in [7, 11) is 0. The number of rotatable bonds is 3. The average molecular weight is 136 g/mol. The first-order valence-corrected chi connectivity index (χ1v) is 3.15. The summed E-state index contributed by atoms with van der Waals surface area (Å²) >= 11 is 0. The molecule has 0 aromatic rings. The van der Waals surface area contributed by atoms with E-state index in [2.05, 4.69) is 0 Å². The van der Waals surface area contributed by atoms with Crippen molar-refractivity contribution in [2.24, 2.45) is 5.92 Å². The van der Waals surface area contributed by atoms with Crippen molar-refractivity contribution in [3.05, 3.63) is 0 Å². The van der Waals surface area contributed by atoms with Crippen LogP contribution in [-0.4, -0.2) is 17.6 Å². The Kier molecular flexibility index (Phi) is 1.70. The normalized spacial score (nSPS) is 30.3. The Labute approximate surface area is 52.7 Å². The van der Waals surface area contributed by atoms with Crippen molar-refractivity contribution in [2.45, 2.75) is 25.2 Å². The second kappa shape index (κ2) is 2.21. The van der Waals surface area contributed by atoms with Crippen LogP contribution in [0.3, 0.4) is 0 Å². The van der Waals surface area contributed by atoms with E-state index in [1.54, 1.807) is 0 Å². The van der Waals surface area contributed by atoms with Gasteiger partial charge in [-0.15, -0.1) is 0 Å². The molecular formula is C6H10F2O. The number of hydrogen-bond donors (Lipinski definition) is 1. The van der Waals surface area contributed by atoms with E-state index in [0.29, 0.717) is 12.8 Å². The van der Waals surface area contributed by atoms with Crippen molar-refractivity contribution in [2.75, 3.05) is 6.61 Å². The molecule has 0 unspecified atom stereocenters. The van der Waals surface area contributed by atoms with Gasteiger partial charge >= 0.3 is 0 Å². The highest BCUT2D eigenvalue weighted by Gasteiger charge is 2.55. The van der Waals surface area contributed by atoms with E-state index in [9.17, 15) is 8.78 Å². The van der Waals surface area contributed by atoms with Crippen molar-refractivity contribution in [1.82, 2.24) is 0 Å². The zero-order chi connectivity index (χ0) is 6.91. The summed E-state index contributed by atoms with van der Waals surface area (Å²) in [5.74, 6) is -2.82. The molecule has 1 atom stereocenters. The summed E-state index contributed by atoms with van der Waals surface area (Å²) in [6.07, 6.45) is 1.02. The molecule has 0 saturated heterocycles. The monoisotopic (exact) mass is 136 g/mol. The number of halogens is 2. The second-order valence-corrected chi connectivity index (χ2v) is 2.53. The maximum Gasteiger partial charge on any atom is 0.251 e. The summed E-state index contributed by atoms with van der Waals surface area (Å²) in [6, 6.07) is 0. The van der Waals surface area contributed by atoms with Crippen LogP contribution in [0.15, 0.2) is 0 Å². The summed E-state index contributed by atoms with van der Waals surface area (Å²) in [4.78, 5) is 0. The van der Waals surface area contributed by atoms with Gasteiger partial charge in [-0.25, -0.2) is 8.78 Å². The first-order chi connectivity index (χ1) is 4.17. The third-order valence-corrected chi connectivity index (χ3v) is 1.67. The molecule has 0 aromatic carbocycles. The second-order valence-electron chi connectivity index (χ2n) is 2.53. The molecule has 1 aliphatic carbocycles. The van der Waals surface area contributed by atoms with Gasteiger partial charge in [0.2, 0.25) is 0 Å². The maximum absolute atomic E-state index is 12.0. The van der Waals surface area contributed by atoms with E-state index in [-0.39, 0.29) is 13.0 Å². The molecule has 0 bridgehead atoms. The van der Waals surface area contributed by atoms with Gasteiger partial charge in [0.25, 0.3) is 5.92 Å². The Bertz CT molecular complexity index is 103. The highest BCUT2D eigenvalue weighted by Crippen LogP contribution is 2.50. The Balaban J connectivity index is 2.06. The minimum absolute atomic E-state index is 0.0343. The lowest BCUT2D eigenvalue weighted by atomic mass is 10.2. The predicted octanol–water partition coefficient (Wildman–Crippen LogP) is 1.41. The van der Waals surface area contributed by atoms with Crippen LogP contribution in [0.5, 0.6) is 0 Å². The molecule has 0 aromatic heterocycles. The van der Waals surface area contributed by atoms with Gasteiger partial charge in [0.1, 0.15) is 0 Å². The van der Waals surface area contributed by atoms with Gasteiger partial charge in [-0.2, -0.15) is 0 Å². The molecule has 1 saturated carbocycles. The van der Waals surface area contributed by atoms with Crippen LogP contribution in [0.4, 0.5) is 8.78 Å². The molecule has 9 heavy (non-hydrogen) atoms. The fourth-order valence-electron chi connectivity index (χ4n) is 0.921. The Morgan fingerprint density at radius 2 is 2.11 bits per heavy atom. The molecule has 1 fully saturated rings. The first-order valence-electron chi connectivity index (χ1n) is 3.15. The smallest absolute Gasteiger partial charge is 0.251 e. The molecule has 0 aliphatic heterocycles. The molecule has 0 amide bonds. The van der Waals surface area contributed by atoms with E-state index in [0.717, 1.165) is 0 Å². The molecule has 1 rings (SSSR count). The maximum atomic E-state index is 12.0. The minimum atomic E-state index is -2.39. The van der Waals surface area contributed by atoms with Crippen molar-refractivity contribution in [1.29, 1.82) is 0 Å². The van der Waals surface area contributed by atoms with E-state index in [1.807, 2.05) is 0 Å². The lowest BCUT2D eigenvalue weighted by Crippen LogP contribution is -1.94. The number of hydrogen-bond acceptors (Lipinski definition) is 1. The van der Waals surface area contributed by atoms with Crippen LogP contribution in [0, 0.1) is 5.92 Å². The molecule has 3 heteroatoms. The largest absolute Gasteiger partial charge is 0.396 e.